The zero-order chi connectivity index (χ0) is 17.3. The van der Waals surface area contributed by atoms with E-state index in [0.29, 0.717) is 10.7 Å². The van der Waals surface area contributed by atoms with Crippen LogP contribution in [0.15, 0.2) is 28.9 Å². The molecule has 1 N–H and O–H groups in total. The SMILES string of the molecule is O=C1C(Cl)=C(NC2CCCCCC2)C(=O)N1c1ccc(Cl)c(Cl)c1. The van der Waals surface area contributed by atoms with Gasteiger partial charge in [-0.3, -0.25) is 9.59 Å². The molecule has 1 heterocycles. The first-order valence-corrected chi connectivity index (χ1v) is 9.12. The average molecular weight is 388 g/mol. The molecule has 1 aromatic carbocycles. The summed E-state index contributed by atoms with van der Waals surface area (Å²) in [5, 5.41) is 3.75. The second kappa shape index (κ2) is 7.34. The zero-order valence-electron chi connectivity index (χ0n) is 12.9. The van der Waals surface area contributed by atoms with Gasteiger partial charge in [-0.25, -0.2) is 4.90 Å². The van der Waals surface area contributed by atoms with E-state index in [0.717, 1.165) is 30.6 Å². The molecule has 2 amide bonds. The molecule has 0 aromatic heterocycles. The van der Waals surface area contributed by atoms with Crippen molar-refractivity contribution in [3.05, 3.63) is 39.0 Å². The van der Waals surface area contributed by atoms with Gasteiger partial charge in [0.2, 0.25) is 0 Å². The number of nitrogens with zero attached hydrogens (tertiary/aromatic N) is 1. The van der Waals surface area contributed by atoms with E-state index >= 15 is 0 Å². The molecular weight excluding hydrogens is 371 g/mol. The average Bonchev–Trinajstić information content (AvgIpc) is 2.77. The molecule has 128 valence electrons. The minimum atomic E-state index is -0.545. The molecule has 1 saturated carbocycles. The molecule has 1 aromatic rings. The van der Waals surface area contributed by atoms with Crippen molar-refractivity contribution in [2.24, 2.45) is 0 Å². The molecule has 3 rings (SSSR count). The number of nitrogens with one attached hydrogen (secondary N) is 1. The number of hydrogen-bond acceptors (Lipinski definition) is 3. The first-order valence-electron chi connectivity index (χ1n) is 7.99. The summed E-state index contributed by atoms with van der Waals surface area (Å²) < 4.78 is 0. The fraction of sp³-hybridized carbons (Fsp3) is 0.412. The van der Waals surface area contributed by atoms with Crippen molar-refractivity contribution in [3.63, 3.8) is 0 Å². The van der Waals surface area contributed by atoms with E-state index in [4.69, 9.17) is 34.8 Å². The molecule has 7 heteroatoms. The van der Waals surface area contributed by atoms with Crippen molar-refractivity contribution in [2.75, 3.05) is 4.90 Å². The maximum Gasteiger partial charge on any atom is 0.283 e. The molecule has 0 radical (unpaired) electrons. The van der Waals surface area contributed by atoms with Crippen molar-refractivity contribution in [1.29, 1.82) is 0 Å². The predicted octanol–water partition coefficient (Wildman–Crippen LogP) is 4.63. The summed E-state index contributed by atoms with van der Waals surface area (Å²) in [7, 11) is 0. The van der Waals surface area contributed by atoms with E-state index in [9.17, 15) is 9.59 Å². The van der Waals surface area contributed by atoms with Crippen LogP contribution in [-0.2, 0) is 9.59 Å². The van der Waals surface area contributed by atoms with Crippen molar-refractivity contribution >= 4 is 52.3 Å². The van der Waals surface area contributed by atoms with Crippen molar-refractivity contribution < 1.29 is 9.59 Å². The molecule has 0 saturated heterocycles. The summed E-state index contributed by atoms with van der Waals surface area (Å²) in [6.07, 6.45) is 6.58. The molecule has 1 aliphatic carbocycles. The van der Waals surface area contributed by atoms with Gasteiger partial charge in [0.25, 0.3) is 11.8 Å². The van der Waals surface area contributed by atoms with Crippen molar-refractivity contribution in [1.82, 2.24) is 5.32 Å². The van der Waals surface area contributed by atoms with Crippen molar-refractivity contribution in [3.8, 4) is 0 Å². The fourth-order valence-corrected chi connectivity index (χ4v) is 3.63. The van der Waals surface area contributed by atoms with Gasteiger partial charge in [0.05, 0.1) is 15.7 Å². The number of benzene rings is 1. The van der Waals surface area contributed by atoms with Gasteiger partial charge in [-0.2, -0.15) is 0 Å². The molecule has 0 bridgehead atoms. The van der Waals surface area contributed by atoms with E-state index in [1.165, 1.54) is 18.9 Å². The standard InChI is InChI=1S/C17H17Cl3N2O2/c18-12-8-7-11(9-13(12)19)22-16(23)14(20)15(17(22)24)21-10-5-3-1-2-4-6-10/h7-10,21H,1-6H2. The Morgan fingerprint density at radius 1 is 0.917 bits per heavy atom. The van der Waals surface area contributed by atoms with Gasteiger partial charge in [-0.15, -0.1) is 0 Å². The Hall–Kier alpha value is -1.23. The van der Waals surface area contributed by atoms with E-state index in [1.807, 2.05) is 0 Å². The lowest BCUT2D eigenvalue weighted by molar-refractivity contribution is -0.120. The summed E-state index contributed by atoms with van der Waals surface area (Å²) in [4.78, 5) is 26.2. The minimum absolute atomic E-state index is 0.0738. The Morgan fingerprint density at radius 2 is 1.58 bits per heavy atom. The second-order valence-electron chi connectivity index (χ2n) is 6.07. The topological polar surface area (TPSA) is 49.4 Å². The fourth-order valence-electron chi connectivity index (χ4n) is 3.11. The predicted molar refractivity (Wildman–Crippen MR) is 96.5 cm³/mol. The quantitative estimate of drug-likeness (QED) is 0.607. The number of anilines is 1. The lowest BCUT2D eigenvalue weighted by Gasteiger charge is -2.19. The van der Waals surface area contributed by atoms with E-state index in [1.54, 1.807) is 12.1 Å². The first kappa shape index (κ1) is 17.6. The number of amides is 2. The highest BCUT2D eigenvalue weighted by molar-refractivity contribution is 6.52. The highest BCUT2D eigenvalue weighted by Crippen LogP contribution is 2.33. The van der Waals surface area contributed by atoms with E-state index < -0.39 is 11.8 Å². The Morgan fingerprint density at radius 3 is 2.21 bits per heavy atom. The minimum Gasteiger partial charge on any atom is -0.376 e. The van der Waals surface area contributed by atoms with Gasteiger partial charge < -0.3 is 5.32 Å². The lowest BCUT2D eigenvalue weighted by Crippen LogP contribution is -2.36. The van der Waals surface area contributed by atoms with Crippen LogP contribution in [0.2, 0.25) is 10.0 Å². The Balaban J connectivity index is 1.82. The third-order valence-electron chi connectivity index (χ3n) is 4.39. The number of carbonyl (C=O) groups excluding carboxylic acids is 2. The number of imide groups is 1. The monoisotopic (exact) mass is 386 g/mol. The smallest absolute Gasteiger partial charge is 0.283 e. The molecule has 0 spiro atoms. The molecule has 4 nitrogen and oxygen atoms in total. The molecule has 1 fully saturated rings. The number of hydrogen-bond donors (Lipinski definition) is 1. The van der Waals surface area contributed by atoms with Crippen LogP contribution in [0, 0.1) is 0 Å². The van der Waals surface area contributed by atoms with Crippen LogP contribution in [0.5, 0.6) is 0 Å². The molecule has 2 aliphatic rings. The molecule has 1 aliphatic heterocycles. The van der Waals surface area contributed by atoms with Gasteiger partial charge in [-0.1, -0.05) is 60.5 Å². The highest BCUT2D eigenvalue weighted by atomic mass is 35.5. The third kappa shape index (κ3) is 3.41. The summed E-state index contributed by atoms with van der Waals surface area (Å²) >= 11 is 18.0. The Bertz CT molecular complexity index is 710. The largest absolute Gasteiger partial charge is 0.376 e. The van der Waals surface area contributed by atoms with Gasteiger partial charge >= 0.3 is 0 Å². The van der Waals surface area contributed by atoms with Crippen LogP contribution in [-0.4, -0.2) is 17.9 Å². The van der Waals surface area contributed by atoms with Crippen LogP contribution >= 0.6 is 34.8 Å². The maximum atomic E-state index is 12.7. The molecule has 0 unspecified atom stereocenters. The Kier molecular flexibility index (Phi) is 5.38. The number of carbonyl (C=O) groups is 2. The summed E-state index contributed by atoms with van der Waals surface area (Å²) in [6, 6.07) is 4.77. The van der Waals surface area contributed by atoms with Crippen molar-refractivity contribution in [2.45, 2.75) is 44.6 Å². The number of rotatable bonds is 3. The molecular formula is C17H17Cl3N2O2. The van der Waals surface area contributed by atoms with Gasteiger partial charge in [0.15, 0.2) is 0 Å². The first-order chi connectivity index (χ1) is 11.5. The second-order valence-corrected chi connectivity index (χ2v) is 7.26. The van der Waals surface area contributed by atoms with Crippen LogP contribution in [0.1, 0.15) is 38.5 Å². The van der Waals surface area contributed by atoms with Crippen LogP contribution in [0.25, 0.3) is 0 Å². The van der Waals surface area contributed by atoms with E-state index in [-0.39, 0.29) is 21.8 Å². The third-order valence-corrected chi connectivity index (χ3v) is 5.48. The summed E-state index contributed by atoms with van der Waals surface area (Å²) in [6.45, 7) is 0. The molecule has 0 atom stereocenters. The van der Waals surface area contributed by atoms with Gasteiger partial charge in [0, 0.05) is 6.04 Å². The van der Waals surface area contributed by atoms with E-state index in [2.05, 4.69) is 5.32 Å². The maximum absolute atomic E-state index is 12.7. The zero-order valence-corrected chi connectivity index (χ0v) is 15.2. The molecule has 24 heavy (non-hydrogen) atoms. The summed E-state index contributed by atoms with van der Waals surface area (Å²) in [5.41, 5.74) is 0.537. The normalized spacial score (nSPS) is 19.9. The Labute approximate surface area is 155 Å². The summed E-state index contributed by atoms with van der Waals surface area (Å²) in [5.74, 6) is -0.996. The van der Waals surface area contributed by atoms with Gasteiger partial charge in [0.1, 0.15) is 10.7 Å². The lowest BCUT2D eigenvalue weighted by atomic mass is 10.1. The van der Waals surface area contributed by atoms with Crippen LogP contribution in [0.3, 0.4) is 0 Å². The number of halogens is 3. The van der Waals surface area contributed by atoms with Crippen LogP contribution in [0.4, 0.5) is 5.69 Å². The van der Waals surface area contributed by atoms with Crippen LogP contribution < -0.4 is 10.2 Å². The highest BCUT2D eigenvalue weighted by Gasteiger charge is 2.39. The van der Waals surface area contributed by atoms with Gasteiger partial charge in [-0.05, 0) is 31.0 Å².